The highest BCUT2D eigenvalue weighted by molar-refractivity contribution is 7.89. The van der Waals surface area contributed by atoms with Crippen molar-refractivity contribution in [2.75, 3.05) is 6.54 Å². The molecule has 0 bridgehead atoms. The molecule has 0 spiro atoms. The van der Waals surface area contributed by atoms with Gasteiger partial charge in [0.2, 0.25) is 10.0 Å². The van der Waals surface area contributed by atoms with E-state index in [0.717, 1.165) is 17.8 Å². The monoisotopic (exact) mass is 319 g/mol. The van der Waals surface area contributed by atoms with Crippen LogP contribution in [0.4, 0.5) is 0 Å². The Morgan fingerprint density at radius 2 is 2.00 bits per heavy atom. The number of aromatic amines is 1. The molecule has 0 fully saturated rings. The molecule has 0 atom stereocenters. The molecule has 0 unspecified atom stereocenters. The molecule has 1 N–H and O–H groups in total. The molecule has 5 nitrogen and oxygen atoms in total. The first-order valence-corrected chi connectivity index (χ1v) is 9.01. The van der Waals surface area contributed by atoms with Gasteiger partial charge in [0.1, 0.15) is 0 Å². The third-order valence-electron chi connectivity index (χ3n) is 3.95. The van der Waals surface area contributed by atoms with E-state index in [-0.39, 0.29) is 0 Å². The fraction of sp³-hybridized carbons (Fsp3) is 0.438. The minimum absolute atomic E-state index is 0.364. The lowest BCUT2D eigenvalue weighted by molar-refractivity contribution is 0.385. The van der Waals surface area contributed by atoms with Crippen LogP contribution in [0.1, 0.15) is 30.8 Å². The van der Waals surface area contributed by atoms with Gasteiger partial charge in [-0.3, -0.25) is 0 Å². The molecule has 6 heteroatoms. The van der Waals surface area contributed by atoms with Crippen LogP contribution in [0.15, 0.2) is 35.5 Å². The predicted octanol–water partition coefficient (Wildman–Crippen LogP) is 2.36. The molecule has 1 aliphatic rings. The average molecular weight is 319 g/mol. The Labute approximate surface area is 131 Å². The maximum absolute atomic E-state index is 12.7. The Morgan fingerprint density at radius 1 is 1.27 bits per heavy atom. The number of aromatic nitrogens is 2. The Hall–Kier alpha value is -1.66. The second-order valence-electron chi connectivity index (χ2n) is 6.16. The van der Waals surface area contributed by atoms with Gasteiger partial charge in [0.15, 0.2) is 0 Å². The first kappa shape index (κ1) is 15.2. The molecule has 118 valence electrons. The van der Waals surface area contributed by atoms with Crippen LogP contribution >= 0.6 is 0 Å². The summed E-state index contributed by atoms with van der Waals surface area (Å²) in [6, 6.07) is 7.27. The second kappa shape index (κ2) is 5.85. The summed E-state index contributed by atoms with van der Waals surface area (Å²) in [5.74, 6) is 0.559. The summed E-state index contributed by atoms with van der Waals surface area (Å²) in [7, 11) is -3.44. The van der Waals surface area contributed by atoms with Crippen LogP contribution < -0.4 is 0 Å². The number of fused-ring (bicyclic) bond motifs is 1. The molecule has 1 aromatic heterocycles. The van der Waals surface area contributed by atoms with Gasteiger partial charge in [0, 0.05) is 13.0 Å². The van der Waals surface area contributed by atoms with Gasteiger partial charge < -0.3 is 4.98 Å². The van der Waals surface area contributed by atoms with Gasteiger partial charge in [0.05, 0.1) is 29.2 Å². The number of H-pyrrole nitrogens is 1. The summed E-state index contributed by atoms with van der Waals surface area (Å²) in [6.07, 6.45) is 3.24. The number of nitrogens with zero attached hydrogens (tertiary/aromatic N) is 2. The minimum atomic E-state index is -3.44. The van der Waals surface area contributed by atoms with Crippen molar-refractivity contribution >= 4 is 10.0 Å². The fourth-order valence-corrected chi connectivity index (χ4v) is 4.22. The van der Waals surface area contributed by atoms with E-state index in [4.69, 9.17) is 0 Å². The van der Waals surface area contributed by atoms with Crippen molar-refractivity contribution in [3.63, 3.8) is 0 Å². The summed E-state index contributed by atoms with van der Waals surface area (Å²) in [4.78, 5) is 7.60. The molecule has 2 heterocycles. The van der Waals surface area contributed by atoms with E-state index in [1.54, 1.807) is 18.5 Å². The zero-order valence-corrected chi connectivity index (χ0v) is 13.7. The van der Waals surface area contributed by atoms with Crippen molar-refractivity contribution in [1.82, 2.24) is 14.3 Å². The van der Waals surface area contributed by atoms with Crippen LogP contribution in [0.25, 0.3) is 0 Å². The van der Waals surface area contributed by atoms with Gasteiger partial charge in [-0.1, -0.05) is 26.0 Å². The van der Waals surface area contributed by atoms with Crippen molar-refractivity contribution in [2.24, 2.45) is 5.92 Å². The Bertz CT molecular complexity index is 748. The molecule has 22 heavy (non-hydrogen) atoms. The molecule has 0 saturated carbocycles. The smallest absolute Gasteiger partial charge is 0.243 e. The van der Waals surface area contributed by atoms with E-state index >= 15 is 0 Å². The Balaban J connectivity index is 1.81. The van der Waals surface area contributed by atoms with Gasteiger partial charge in [-0.05, 0) is 30.0 Å². The highest BCUT2D eigenvalue weighted by Gasteiger charge is 2.29. The van der Waals surface area contributed by atoms with E-state index in [1.165, 1.54) is 9.87 Å². The predicted molar refractivity (Wildman–Crippen MR) is 84.9 cm³/mol. The number of nitrogens with one attached hydrogen (secondary N) is 1. The molecule has 0 radical (unpaired) electrons. The van der Waals surface area contributed by atoms with Gasteiger partial charge in [-0.25, -0.2) is 13.4 Å². The highest BCUT2D eigenvalue weighted by atomic mass is 32.2. The molecular weight excluding hydrogens is 298 g/mol. The zero-order valence-electron chi connectivity index (χ0n) is 12.9. The highest BCUT2D eigenvalue weighted by Crippen LogP contribution is 2.23. The normalized spacial score (nSPS) is 16.0. The molecule has 3 rings (SSSR count). The lowest BCUT2D eigenvalue weighted by Crippen LogP contribution is -2.36. The minimum Gasteiger partial charge on any atom is -0.347 e. The standard InChI is InChI=1S/C16H21N3O2S/c1-12(2)9-13-3-5-14(6-4-13)22(20,21)19-8-7-15-16(10-19)18-11-17-15/h3-6,11-12H,7-10H2,1-2H3,(H,17,18). The summed E-state index contributed by atoms with van der Waals surface area (Å²) in [6.45, 7) is 5.15. The fourth-order valence-electron chi connectivity index (χ4n) is 2.81. The van der Waals surface area contributed by atoms with Gasteiger partial charge in [0.25, 0.3) is 0 Å². The van der Waals surface area contributed by atoms with Crippen molar-refractivity contribution in [2.45, 2.75) is 38.1 Å². The van der Waals surface area contributed by atoms with Gasteiger partial charge in [-0.2, -0.15) is 4.31 Å². The topological polar surface area (TPSA) is 66.1 Å². The lowest BCUT2D eigenvalue weighted by atomic mass is 10.0. The van der Waals surface area contributed by atoms with Crippen LogP contribution in [-0.4, -0.2) is 29.2 Å². The van der Waals surface area contributed by atoms with E-state index in [2.05, 4.69) is 23.8 Å². The number of benzene rings is 1. The third-order valence-corrected chi connectivity index (χ3v) is 5.80. The summed E-state index contributed by atoms with van der Waals surface area (Å²) < 4.78 is 27.0. The quantitative estimate of drug-likeness (QED) is 0.941. The molecule has 1 aromatic carbocycles. The first-order chi connectivity index (χ1) is 10.5. The number of imidazole rings is 1. The number of rotatable bonds is 4. The summed E-state index contributed by atoms with van der Waals surface area (Å²) in [5, 5.41) is 0. The van der Waals surface area contributed by atoms with E-state index in [0.29, 0.717) is 30.3 Å². The molecule has 1 aliphatic heterocycles. The van der Waals surface area contributed by atoms with Crippen molar-refractivity contribution < 1.29 is 8.42 Å². The van der Waals surface area contributed by atoms with Crippen LogP contribution in [0.5, 0.6) is 0 Å². The van der Waals surface area contributed by atoms with E-state index < -0.39 is 10.0 Å². The largest absolute Gasteiger partial charge is 0.347 e. The molecule has 0 aliphatic carbocycles. The van der Waals surface area contributed by atoms with Gasteiger partial charge in [-0.15, -0.1) is 0 Å². The van der Waals surface area contributed by atoms with E-state index in [1.807, 2.05) is 12.1 Å². The summed E-state index contributed by atoms with van der Waals surface area (Å²) in [5.41, 5.74) is 3.04. The molecule has 0 saturated heterocycles. The Kier molecular flexibility index (Phi) is 4.06. The average Bonchev–Trinajstić information content (AvgIpc) is 2.94. The van der Waals surface area contributed by atoms with Gasteiger partial charge >= 0.3 is 0 Å². The SMILES string of the molecule is CC(C)Cc1ccc(S(=O)(=O)N2CCc3nc[nH]c3C2)cc1. The number of hydrogen-bond acceptors (Lipinski definition) is 3. The van der Waals surface area contributed by atoms with Crippen molar-refractivity contribution in [3.8, 4) is 0 Å². The third kappa shape index (κ3) is 2.94. The molecule has 2 aromatic rings. The zero-order chi connectivity index (χ0) is 15.7. The number of sulfonamides is 1. The van der Waals surface area contributed by atoms with Crippen molar-refractivity contribution in [3.05, 3.63) is 47.5 Å². The maximum atomic E-state index is 12.7. The van der Waals surface area contributed by atoms with Crippen LogP contribution in [0.3, 0.4) is 0 Å². The maximum Gasteiger partial charge on any atom is 0.243 e. The lowest BCUT2D eigenvalue weighted by Gasteiger charge is -2.25. The van der Waals surface area contributed by atoms with E-state index in [9.17, 15) is 8.42 Å². The molecular formula is C16H21N3O2S. The van der Waals surface area contributed by atoms with Crippen LogP contribution in [0, 0.1) is 5.92 Å². The van der Waals surface area contributed by atoms with Crippen LogP contribution in [0.2, 0.25) is 0 Å². The Morgan fingerprint density at radius 3 is 2.68 bits per heavy atom. The first-order valence-electron chi connectivity index (χ1n) is 7.57. The second-order valence-corrected chi connectivity index (χ2v) is 8.10. The number of hydrogen-bond donors (Lipinski definition) is 1. The van der Waals surface area contributed by atoms with Crippen molar-refractivity contribution in [1.29, 1.82) is 0 Å². The summed E-state index contributed by atoms with van der Waals surface area (Å²) >= 11 is 0. The molecule has 0 amide bonds. The van der Waals surface area contributed by atoms with Crippen LogP contribution in [-0.2, 0) is 29.4 Å².